The van der Waals surface area contributed by atoms with E-state index in [2.05, 4.69) is 25.1 Å². The van der Waals surface area contributed by atoms with Gasteiger partial charge in [-0.2, -0.15) is 0 Å². The highest BCUT2D eigenvalue weighted by Crippen LogP contribution is 2.53. The lowest BCUT2D eigenvalue weighted by Gasteiger charge is -2.30. The van der Waals surface area contributed by atoms with Crippen LogP contribution in [0.15, 0.2) is 60.2 Å². The summed E-state index contributed by atoms with van der Waals surface area (Å²) in [6, 6.07) is 12.4. The van der Waals surface area contributed by atoms with Crippen molar-refractivity contribution >= 4 is 5.57 Å². The van der Waals surface area contributed by atoms with Crippen LogP contribution in [0.4, 0.5) is 4.39 Å². The van der Waals surface area contributed by atoms with E-state index in [1.54, 1.807) is 6.07 Å². The smallest absolute Gasteiger partial charge is 0.138 e. The van der Waals surface area contributed by atoms with E-state index in [0.717, 1.165) is 60.5 Å². The van der Waals surface area contributed by atoms with Gasteiger partial charge in [0, 0.05) is 18.8 Å². The van der Waals surface area contributed by atoms with Crippen molar-refractivity contribution in [2.24, 2.45) is 0 Å². The molecule has 0 aromatic heterocycles. The van der Waals surface area contributed by atoms with Crippen LogP contribution in [-0.4, -0.2) is 24.9 Å². The number of fused-ring (bicyclic) bond motifs is 2. The highest BCUT2D eigenvalue weighted by molar-refractivity contribution is 5.88. The van der Waals surface area contributed by atoms with Gasteiger partial charge in [-0.05, 0) is 78.6 Å². The Kier molecular flexibility index (Phi) is 24.6. The molecule has 320 valence electrons. The van der Waals surface area contributed by atoms with Gasteiger partial charge < -0.3 is 14.6 Å². The molecule has 2 aliphatic carbocycles. The first-order valence-electron chi connectivity index (χ1n) is 24.4. The first-order chi connectivity index (χ1) is 28.1. The second kappa shape index (κ2) is 29.7. The molecule has 0 radical (unpaired) electrons. The van der Waals surface area contributed by atoms with E-state index in [0.29, 0.717) is 12.2 Å². The Hall–Kier alpha value is -2.43. The molecule has 0 saturated heterocycles. The Morgan fingerprint density at radius 2 is 1.04 bits per heavy atom. The van der Waals surface area contributed by atoms with Crippen molar-refractivity contribution in [1.82, 2.24) is 0 Å². The zero-order valence-corrected chi connectivity index (χ0v) is 36.6. The summed E-state index contributed by atoms with van der Waals surface area (Å²) in [6.45, 7) is 4.87. The molecule has 3 nitrogen and oxygen atoms in total. The van der Waals surface area contributed by atoms with Crippen molar-refractivity contribution in [3.05, 3.63) is 82.7 Å². The molecule has 0 amide bonds. The molecule has 2 aromatic carbocycles. The predicted molar refractivity (Wildman–Crippen MR) is 242 cm³/mol. The lowest BCUT2D eigenvalue weighted by molar-refractivity contribution is 0.120. The predicted octanol–water partition coefficient (Wildman–Crippen LogP) is 16.3. The Balaban J connectivity index is 0.867. The van der Waals surface area contributed by atoms with Gasteiger partial charge in [-0.25, -0.2) is 4.39 Å². The minimum absolute atomic E-state index is 0.331. The molecule has 4 heteroatoms. The molecule has 0 spiro atoms. The van der Waals surface area contributed by atoms with Crippen LogP contribution in [0.2, 0.25) is 0 Å². The summed E-state index contributed by atoms with van der Waals surface area (Å²) in [6.07, 6.45) is 47.1. The molecule has 0 aliphatic heterocycles. The summed E-state index contributed by atoms with van der Waals surface area (Å²) in [5, 5.41) is 12.1. The SMILES string of the molecule is CCCCCCCCCCCCCCCCCCCCCCOCCCCCCCCCCCCOc1ccc2c(c1)C(O)(c1cccc(F)c1)C1=C2C=CCC1. The Morgan fingerprint density at radius 3 is 1.53 bits per heavy atom. The Bertz CT molecular complexity index is 1400. The highest BCUT2D eigenvalue weighted by atomic mass is 19.1. The molecule has 1 N–H and O–H groups in total. The summed E-state index contributed by atoms with van der Waals surface area (Å²) in [4.78, 5) is 0. The van der Waals surface area contributed by atoms with E-state index < -0.39 is 5.60 Å². The summed E-state index contributed by atoms with van der Waals surface area (Å²) in [5.41, 5.74) is 3.11. The van der Waals surface area contributed by atoms with Crippen LogP contribution >= 0.6 is 0 Å². The summed E-state index contributed by atoms with van der Waals surface area (Å²) in [5.74, 6) is 0.441. The first kappa shape index (κ1) is 47.3. The third kappa shape index (κ3) is 17.8. The van der Waals surface area contributed by atoms with Crippen molar-refractivity contribution in [2.45, 2.75) is 218 Å². The number of rotatable bonds is 36. The fourth-order valence-corrected chi connectivity index (χ4v) is 9.12. The molecule has 0 fully saturated rings. The normalized spacial score (nSPS) is 16.1. The van der Waals surface area contributed by atoms with Gasteiger partial charge in [-0.15, -0.1) is 0 Å². The molecule has 1 unspecified atom stereocenters. The molecule has 2 aromatic rings. The molecule has 2 aliphatic rings. The second-order valence-corrected chi connectivity index (χ2v) is 17.5. The molecule has 0 heterocycles. The maximum atomic E-state index is 14.2. The van der Waals surface area contributed by atoms with Gasteiger partial charge in [0.1, 0.15) is 17.2 Å². The Labute approximate surface area is 349 Å². The van der Waals surface area contributed by atoms with E-state index in [1.807, 2.05) is 18.2 Å². The van der Waals surface area contributed by atoms with Gasteiger partial charge >= 0.3 is 0 Å². The van der Waals surface area contributed by atoms with Gasteiger partial charge in [0.05, 0.1) is 6.61 Å². The van der Waals surface area contributed by atoms with Crippen molar-refractivity contribution in [3.8, 4) is 5.75 Å². The molecule has 0 saturated carbocycles. The fraction of sp³-hybridized carbons (Fsp3) is 0.698. The van der Waals surface area contributed by atoms with E-state index in [1.165, 1.54) is 198 Å². The maximum Gasteiger partial charge on any atom is 0.138 e. The molecular weight excluding hydrogens is 704 g/mol. The third-order valence-electron chi connectivity index (χ3n) is 12.6. The average molecular weight is 787 g/mol. The maximum absolute atomic E-state index is 14.2. The number of halogens is 1. The lowest BCUT2D eigenvalue weighted by atomic mass is 9.80. The van der Waals surface area contributed by atoms with Gasteiger partial charge in [0.25, 0.3) is 0 Å². The minimum Gasteiger partial charge on any atom is -0.494 e. The van der Waals surface area contributed by atoms with Crippen molar-refractivity contribution < 1.29 is 19.0 Å². The van der Waals surface area contributed by atoms with E-state index >= 15 is 0 Å². The topological polar surface area (TPSA) is 38.7 Å². The third-order valence-corrected chi connectivity index (χ3v) is 12.6. The quantitative estimate of drug-likeness (QED) is 0.0699. The van der Waals surface area contributed by atoms with Crippen molar-refractivity contribution in [2.75, 3.05) is 19.8 Å². The lowest BCUT2D eigenvalue weighted by Crippen LogP contribution is -2.28. The molecule has 1 atom stereocenters. The Morgan fingerprint density at radius 1 is 0.561 bits per heavy atom. The van der Waals surface area contributed by atoms with E-state index in [9.17, 15) is 9.50 Å². The monoisotopic (exact) mass is 787 g/mol. The molecular formula is C53H83FO3. The van der Waals surface area contributed by atoms with Crippen LogP contribution < -0.4 is 4.74 Å². The minimum atomic E-state index is -1.32. The number of allylic oxidation sites excluding steroid dienone is 3. The average Bonchev–Trinajstić information content (AvgIpc) is 3.49. The van der Waals surface area contributed by atoms with Crippen LogP contribution in [0.3, 0.4) is 0 Å². The van der Waals surface area contributed by atoms with Crippen molar-refractivity contribution in [1.29, 1.82) is 0 Å². The van der Waals surface area contributed by atoms with Crippen LogP contribution in [0.1, 0.15) is 229 Å². The van der Waals surface area contributed by atoms with Crippen LogP contribution in [0.5, 0.6) is 5.75 Å². The summed E-state index contributed by atoms with van der Waals surface area (Å²) < 4.78 is 26.3. The number of ether oxygens (including phenoxy) is 2. The number of unbranched alkanes of at least 4 members (excludes halogenated alkanes) is 28. The zero-order valence-electron chi connectivity index (χ0n) is 36.6. The molecule has 4 rings (SSSR count). The number of hydrogen-bond acceptors (Lipinski definition) is 3. The highest BCUT2D eigenvalue weighted by Gasteiger charge is 2.45. The number of hydrogen-bond donors (Lipinski definition) is 1. The van der Waals surface area contributed by atoms with Gasteiger partial charge in [-0.1, -0.05) is 211 Å². The standard InChI is InChI=1S/C53H83FO3/c1-2-3-4-5-6-7-8-9-10-11-12-13-14-15-16-17-20-23-26-31-41-56-42-32-27-24-21-18-19-22-25-28-33-43-57-48-39-40-50-49-37-29-30-38-51(49)53(55,52(50)45-48)46-35-34-36-47(54)44-46/h29,34-37,39-40,44-45,55H,2-28,30-33,38,41-43H2,1H3. The fourth-order valence-electron chi connectivity index (χ4n) is 9.12. The van der Waals surface area contributed by atoms with Gasteiger partial charge in [0.15, 0.2) is 0 Å². The second-order valence-electron chi connectivity index (χ2n) is 17.5. The van der Waals surface area contributed by atoms with Crippen LogP contribution in [0.25, 0.3) is 5.57 Å². The van der Waals surface area contributed by atoms with Gasteiger partial charge in [0.2, 0.25) is 0 Å². The van der Waals surface area contributed by atoms with Crippen molar-refractivity contribution in [3.63, 3.8) is 0 Å². The molecule has 57 heavy (non-hydrogen) atoms. The zero-order chi connectivity index (χ0) is 40.1. The largest absolute Gasteiger partial charge is 0.494 e. The molecule has 0 bridgehead atoms. The number of aliphatic hydroxyl groups is 1. The van der Waals surface area contributed by atoms with E-state index in [-0.39, 0.29) is 5.82 Å². The summed E-state index contributed by atoms with van der Waals surface area (Å²) in [7, 11) is 0. The first-order valence-corrected chi connectivity index (χ1v) is 24.4. The van der Waals surface area contributed by atoms with Gasteiger partial charge in [-0.3, -0.25) is 0 Å². The number of benzene rings is 2. The summed E-state index contributed by atoms with van der Waals surface area (Å²) >= 11 is 0. The van der Waals surface area contributed by atoms with E-state index in [4.69, 9.17) is 9.47 Å². The van der Waals surface area contributed by atoms with Crippen LogP contribution in [-0.2, 0) is 10.3 Å². The van der Waals surface area contributed by atoms with Crippen LogP contribution in [0, 0.1) is 5.82 Å².